The molecule has 0 atom stereocenters. The van der Waals surface area contributed by atoms with Crippen LogP contribution in [0.25, 0.3) is 11.0 Å². The van der Waals surface area contributed by atoms with Crippen LogP contribution in [0, 0.1) is 0 Å². The molecule has 2 aromatic rings. The summed E-state index contributed by atoms with van der Waals surface area (Å²) in [6, 6.07) is 5.57. The number of furan rings is 1. The molecule has 0 spiro atoms. The van der Waals surface area contributed by atoms with Crippen LogP contribution in [0.2, 0.25) is 0 Å². The zero-order chi connectivity index (χ0) is 15.5. The normalized spacial score (nSPS) is 15.4. The van der Waals surface area contributed by atoms with E-state index in [1.807, 2.05) is 6.07 Å². The minimum Gasteiger partial charge on any atom is -0.459 e. The lowest BCUT2D eigenvalue weighted by Gasteiger charge is -2.28. The number of nitrogens with zero attached hydrogens (tertiary/aromatic N) is 1. The third-order valence-corrected chi connectivity index (χ3v) is 4.45. The van der Waals surface area contributed by atoms with Gasteiger partial charge in [-0.1, -0.05) is 13.3 Å². The molecular weight excluding hydrogens is 276 g/mol. The number of amides is 1. The number of nitrogens with two attached hydrogens (primary N) is 1. The third-order valence-electron chi connectivity index (χ3n) is 4.45. The lowest BCUT2D eigenvalue weighted by atomic mass is 10.1. The first-order valence-electron chi connectivity index (χ1n) is 8.31. The minimum atomic E-state index is -0.409. The Labute approximate surface area is 131 Å². The first-order valence-corrected chi connectivity index (χ1v) is 8.31. The quantitative estimate of drug-likeness (QED) is 0.912. The van der Waals surface area contributed by atoms with Crippen molar-refractivity contribution in [1.82, 2.24) is 0 Å². The van der Waals surface area contributed by atoms with E-state index in [4.69, 9.17) is 10.2 Å². The summed E-state index contributed by atoms with van der Waals surface area (Å²) in [6.07, 6.45) is 6.98. The van der Waals surface area contributed by atoms with Crippen molar-refractivity contribution in [3.63, 3.8) is 0 Å². The molecule has 0 unspecified atom stereocenters. The van der Waals surface area contributed by atoms with Crippen molar-refractivity contribution in [2.75, 3.05) is 18.0 Å². The number of fused-ring (bicyclic) bond motifs is 1. The van der Waals surface area contributed by atoms with Crippen molar-refractivity contribution >= 4 is 22.6 Å². The van der Waals surface area contributed by atoms with Crippen LogP contribution in [0.1, 0.15) is 55.1 Å². The van der Waals surface area contributed by atoms with Crippen LogP contribution >= 0.6 is 0 Å². The molecule has 0 bridgehead atoms. The highest BCUT2D eigenvalue weighted by molar-refractivity contribution is 6.00. The summed E-state index contributed by atoms with van der Waals surface area (Å²) in [7, 11) is 0. The van der Waals surface area contributed by atoms with Crippen LogP contribution < -0.4 is 10.6 Å². The van der Waals surface area contributed by atoms with Gasteiger partial charge in [-0.15, -0.1) is 0 Å². The average molecular weight is 300 g/mol. The monoisotopic (exact) mass is 300 g/mol. The Morgan fingerprint density at radius 2 is 2.05 bits per heavy atom. The summed E-state index contributed by atoms with van der Waals surface area (Å²) >= 11 is 0. The van der Waals surface area contributed by atoms with Gasteiger partial charge < -0.3 is 15.1 Å². The van der Waals surface area contributed by atoms with Crippen molar-refractivity contribution in [2.45, 2.75) is 45.4 Å². The summed E-state index contributed by atoms with van der Waals surface area (Å²) in [5, 5.41) is 1.11. The molecule has 0 aliphatic carbocycles. The highest BCUT2D eigenvalue weighted by atomic mass is 16.3. The molecule has 1 aliphatic heterocycles. The van der Waals surface area contributed by atoms with E-state index in [1.165, 1.54) is 24.9 Å². The summed E-state index contributed by atoms with van der Waals surface area (Å²) in [5.41, 5.74) is 7.91. The van der Waals surface area contributed by atoms with Gasteiger partial charge in [0, 0.05) is 30.5 Å². The molecule has 0 radical (unpaired) electrons. The lowest BCUT2D eigenvalue weighted by molar-refractivity contribution is 0.100. The van der Waals surface area contributed by atoms with E-state index in [1.54, 1.807) is 12.1 Å². The van der Waals surface area contributed by atoms with Gasteiger partial charge in [-0.25, -0.2) is 0 Å². The van der Waals surface area contributed by atoms with Gasteiger partial charge in [0.25, 0.3) is 0 Å². The number of carbonyl (C=O) groups excluding carboxylic acids is 1. The predicted octanol–water partition coefficient (Wildman–Crippen LogP) is 3.86. The fourth-order valence-corrected chi connectivity index (χ4v) is 3.26. The smallest absolute Gasteiger partial charge is 0.248 e. The number of hydrogen-bond acceptors (Lipinski definition) is 3. The maximum absolute atomic E-state index is 11.4. The minimum absolute atomic E-state index is 0.409. The zero-order valence-corrected chi connectivity index (χ0v) is 13.2. The van der Waals surface area contributed by atoms with E-state index in [0.717, 1.165) is 49.1 Å². The number of piperidine rings is 1. The van der Waals surface area contributed by atoms with Crippen LogP contribution in [-0.2, 0) is 6.42 Å². The van der Waals surface area contributed by atoms with Gasteiger partial charge in [-0.05, 0) is 43.9 Å². The third kappa shape index (κ3) is 2.82. The molecular formula is C18H24N2O2. The molecule has 1 aromatic carbocycles. The highest BCUT2D eigenvalue weighted by Gasteiger charge is 2.21. The van der Waals surface area contributed by atoms with Gasteiger partial charge in [0.1, 0.15) is 11.3 Å². The zero-order valence-electron chi connectivity index (χ0n) is 13.2. The van der Waals surface area contributed by atoms with E-state index in [9.17, 15) is 4.79 Å². The Hall–Kier alpha value is -1.97. The second-order valence-corrected chi connectivity index (χ2v) is 6.10. The van der Waals surface area contributed by atoms with Crippen LogP contribution in [0.3, 0.4) is 0 Å². The van der Waals surface area contributed by atoms with Crippen LogP contribution in [0.5, 0.6) is 0 Å². The summed E-state index contributed by atoms with van der Waals surface area (Å²) in [4.78, 5) is 13.8. The molecule has 1 aliphatic rings. The van der Waals surface area contributed by atoms with Crippen LogP contribution in [0.4, 0.5) is 5.69 Å². The molecule has 118 valence electrons. The van der Waals surface area contributed by atoms with Gasteiger partial charge in [-0.3, -0.25) is 4.79 Å². The van der Waals surface area contributed by atoms with Crippen molar-refractivity contribution in [3.05, 3.63) is 29.5 Å². The Morgan fingerprint density at radius 3 is 2.73 bits per heavy atom. The molecule has 1 fully saturated rings. The molecule has 4 nitrogen and oxygen atoms in total. The van der Waals surface area contributed by atoms with Crippen molar-refractivity contribution in [1.29, 1.82) is 0 Å². The summed E-state index contributed by atoms with van der Waals surface area (Å²) in [5.74, 6) is 0.647. The molecule has 1 saturated heterocycles. The molecule has 3 rings (SSSR count). The summed E-state index contributed by atoms with van der Waals surface area (Å²) in [6.45, 7) is 4.37. The molecule has 4 heteroatoms. The Bertz CT molecular complexity index is 669. The van der Waals surface area contributed by atoms with E-state index in [2.05, 4.69) is 11.8 Å². The number of benzene rings is 1. The topological polar surface area (TPSA) is 59.5 Å². The molecule has 22 heavy (non-hydrogen) atoms. The second-order valence-electron chi connectivity index (χ2n) is 6.10. The van der Waals surface area contributed by atoms with Gasteiger partial charge in [0.2, 0.25) is 5.91 Å². The van der Waals surface area contributed by atoms with Gasteiger partial charge in [-0.2, -0.15) is 0 Å². The molecule has 1 aromatic heterocycles. The van der Waals surface area contributed by atoms with E-state index < -0.39 is 5.91 Å². The number of aryl methyl sites for hydroxylation is 1. The van der Waals surface area contributed by atoms with Crippen molar-refractivity contribution in [2.24, 2.45) is 5.73 Å². The standard InChI is InChI=1S/C18H24N2O2/c1-2-3-7-15-17(20-10-5-4-6-11-20)14-9-8-13(18(19)21)12-16(14)22-15/h8-9,12H,2-7,10-11H2,1H3,(H2,19,21). The predicted molar refractivity (Wildman–Crippen MR) is 89.4 cm³/mol. The van der Waals surface area contributed by atoms with Gasteiger partial charge >= 0.3 is 0 Å². The number of hydrogen-bond donors (Lipinski definition) is 1. The van der Waals surface area contributed by atoms with Crippen LogP contribution in [0.15, 0.2) is 22.6 Å². The fraction of sp³-hybridized carbons (Fsp3) is 0.500. The molecule has 1 amide bonds. The second kappa shape index (κ2) is 6.42. The Morgan fingerprint density at radius 1 is 1.27 bits per heavy atom. The fourth-order valence-electron chi connectivity index (χ4n) is 3.26. The average Bonchev–Trinajstić information content (AvgIpc) is 2.90. The molecule has 2 N–H and O–H groups in total. The Balaban J connectivity index is 2.06. The lowest BCUT2D eigenvalue weighted by Crippen LogP contribution is -2.29. The van der Waals surface area contributed by atoms with E-state index in [-0.39, 0.29) is 0 Å². The number of unbranched alkanes of at least 4 members (excludes halogenated alkanes) is 1. The summed E-state index contributed by atoms with van der Waals surface area (Å²) < 4.78 is 6.10. The van der Waals surface area contributed by atoms with Crippen LogP contribution in [-0.4, -0.2) is 19.0 Å². The largest absolute Gasteiger partial charge is 0.459 e. The van der Waals surface area contributed by atoms with Gasteiger partial charge in [0.15, 0.2) is 0 Å². The first kappa shape index (κ1) is 14.9. The SMILES string of the molecule is CCCCc1oc2cc(C(N)=O)ccc2c1N1CCCCC1. The van der Waals surface area contributed by atoms with E-state index in [0.29, 0.717) is 5.56 Å². The van der Waals surface area contributed by atoms with Crippen molar-refractivity contribution in [3.8, 4) is 0 Å². The number of anilines is 1. The number of rotatable bonds is 5. The Kier molecular flexibility index (Phi) is 4.36. The van der Waals surface area contributed by atoms with Gasteiger partial charge in [0.05, 0.1) is 5.69 Å². The highest BCUT2D eigenvalue weighted by Crippen LogP contribution is 2.36. The maximum Gasteiger partial charge on any atom is 0.248 e. The molecule has 2 heterocycles. The molecule has 0 saturated carbocycles. The maximum atomic E-state index is 11.4. The van der Waals surface area contributed by atoms with E-state index >= 15 is 0 Å². The van der Waals surface area contributed by atoms with Crippen molar-refractivity contribution < 1.29 is 9.21 Å². The number of carbonyl (C=O) groups is 1. The first-order chi connectivity index (χ1) is 10.7. The number of primary amides is 1.